The van der Waals surface area contributed by atoms with Gasteiger partial charge >= 0.3 is 0 Å². The molecule has 0 spiro atoms. The summed E-state index contributed by atoms with van der Waals surface area (Å²) in [6.07, 6.45) is 3.50. The van der Waals surface area contributed by atoms with Crippen LogP contribution in [0.25, 0.3) is 5.70 Å². The van der Waals surface area contributed by atoms with E-state index in [2.05, 4.69) is 151 Å². The lowest BCUT2D eigenvalue weighted by atomic mass is 9.72. The topological polar surface area (TPSA) is 15.3 Å². The van der Waals surface area contributed by atoms with E-state index in [1.807, 2.05) is 0 Å². The van der Waals surface area contributed by atoms with Crippen molar-refractivity contribution in [3.8, 4) is 0 Å². The monoisotopic (exact) mass is 466 g/mol. The van der Waals surface area contributed by atoms with Crippen molar-refractivity contribution in [1.82, 2.24) is 5.43 Å². The number of anilines is 1. The molecule has 35 heavy (non-hydrogen) atoms. The van der Waals surface area contributed by atoms with Gasteiger partial charge in [0.05, 0.1) is 17.4 Å². The first-order valence-electron chi connectivity index (χ1n) is 12.9. The predicted molar refractivity (Wildman–Crippen MR) is 151 cm³/mol. The Bertz CT molecular complexity index is 1160. The van der Waals surface area contributed by atoms with Crippen LogP contribution in [0.5, 0.6) is 0 Å². The van der Waals surface area contributed by atoms with Gasteiger partial charge in [-0.15, -0.1) is 0 Å². The van der Waals surface area contributed by atoms with Crippen molar-refractivity contribution in [2.24, 2.45) is 5.41 Å². The lowest BCUT2D eigenvalue weighted by molar-refractivity contribution is 0.284. The van der Waals surface area contributed by atoms with Crippen LogP contribution in [0.3, 0.4) is 0 Å². The second-order valence-corrected chi connectivity index (χ2v) is 12.9. The molecule has 1 N–H and O–H groups in total. The molecule has 4 rings (SSSR count). The third-order valence-corrected chi connectivity index (χ3v) is 6.95. The number of nitrogens with one attached hydrogen (secondary N) is 1. The molecule has 0 bridgehead atoms. The Hall–Kier alpha value is -3.00. The van der Waals surface area contributed by atoms with Gasteiger partial charge in [0.2, 0.25) is 0 Å². The van der Waals surface area contributed by atoms with Gasteiger partial charge in [0.1, 0.15) is 0 Å². The van der Waals surface area contributed by atoms with E-state index in [0.29, 0.717) is 5.41 Å². The van der Waals surface area contributed by atoms with Crippen molar-refractivity contribution in [3.05, 3.63) is 107 Å². The molecule has 184 valence electrons. The second-order valence-electron chi connectivity index (χ2n) is 12.9. The van der Waals surface area contributed by atoms with E-state index in [1.54, 1.807) is 0 Å². The average molecular weight is 467 g/mol. The summed E-state index contributed by atoms with van der Waals surface area (Å²) in [5.41, 5.74) is 11.8. The fourth-order valence-corrected chi connectivity index (χ4v) is 5.40. The van der Waals surface area contributed by atoms with E-state index in [0.717, 1.165) is 12.1 Å². The first kappa shape index (κ1) is 25.1. The van der Waals surface area contributed by atoms with Gasteiger partial charge in [-0.05, 0) is 63.1 Å². The summed E-state index contributed by atoms with van der Waals surface area (Å²) in [6.45, 7) is 18.5. The number of nitrogens with zero attached hydrogens (tertiary/aromatic N) is 1. The lowest BCUT2D eigenvalue weighted by Gasteiger charge is -2.33. The Balaban J connectivity index is 1.68. The highest BCUT2D eigenvalue weighted by Gasteiger charge is 2.30. The third kappa shape index (κ3) is 5.81. The maximum atomic E-state index is 3.70. The Kier molecular flexibility index (Phi) is 6.62. The molecule has 2 nitrogen and oxygen atoms in total. The van der Waals surface area contributed by atoms with E-state index >= 15 is 0 Å². The van der Waals surface area contributed by atoms with Crippen LogP contribution in [0.4, 0.5) is 5.69 Å². The molecular weight excluding hydrogens is 424 g/mol. The summed E-state index contributed by atoms with van der Waals surface area (Å²) in [4.78, 5) is 0. The Morgan fingerprint density at radius 2 is 1.26 bits per heavy atom. The molecule has 1 unspecified atom stereocenters. The molecule has 0 saturated carbocycles. The zero-order valence-corrected chi connectivity index (χ0v) is 22.8. The van der Waals surface area contributed by atoms with Crippen LogP contribution >= 0.6 is 0 Å². The minimum Gasteiger partial charge on any atom is -0.297 e. The van der Waals surface area contributed by atoms with Crippen LogP contribution < -0.4 is 10.4 Å². The SMILES string of the molecule is CC(C)(C)CC(C)(C)c1ccc(C2C=C(c3ccccc3)NN2c2ccc(C(C)(C)C)cc2)cc1. The largest absolute Gasteiger partial charge is 0.297 e. The molecule has 0 fully saturated rings. The standard InChI is InChI=1S/C33H42N2/c1-31(2,3)23-33(7,8)27-16-14-25(15-17-27)30-22-29(24-12-10-9-11-13-24)34-35(30)28-20-18-26(19-21-28)32(4,5)6/h9-22,30,34H,23H2,1-8H3. The molecule has 3 aromatic carbocycles. The molecule has 1 aliphatic heterocycles. The van der Waals surface area contributed by atoms with Gasteiger partial charge in [-0.1, -0.05) is 122 Å². The minimum absolute atomic E-state index is 0.116. The van der Waals surface area contributed by atoms with Gasteiger partial charge in [0.15, 0.2) is 0 Å². The summed E-state index contributed by atoms with van der Waals surface area (Å²) in [5, 5.41) is 2.30. The Morgan fingerprint density at radius 3 is 1.80 bits per heavy atom. The van der Waals surface area contributed by atoms with E-state index in [9.17, 15) is 0 Å². The molecule has 3 aromatic rings. The van der Waals surface area contributed by atoms with Crippen molar-refractivity contribution in [2.45, 2.75) is 78.7 Å². The highest BCUT2D eigenvalue weighted by atomic mass is 15.5. The first-order chi connectivity index (χ1) is 16.3. The van der Waals surface area contributed by atoms with E-state index in [1.165, 1.54) is 27.9 Å². The quantitative estimate of drug-likeness (QED) is 0.404. The highest BCUT2D eigenvalue weighted by molar-refractivity contribution is 5.72. The number of benzene rings is 3. The molecule has 0 aromatic heterocycles. The van der Waals surface area contributed by atoms with Gasteiger partial charge in [-0.25, -0.2) is 0 Å². The Labute approximate surface area is 213 Å². The van der Waals surface area contributed by atoms with Crippen molar-refractivity contribution >= 4 is 11.4 Å². The normalized spacial score (nSPS) is 16.7. The number of hydrazine groups is 1. The van der Waals surface area contributed by atoms with E-state index < -0.39 is 0 Å². The molecule has 0 saturated heterocycles. The zero-order chi connectivity index (χ0) is 25.4. The maximum absolute atomic E-state index is 3.70. The minimum atomic E-state index is 0.116. The summed E-state index contributed by atoms with van der Waals surface area (Å²) in [7, 11) is 0. The van der Waals surface area contributed by atoms with Crippen molar-refractivity contribution in [3.63, 3.8) is 0 Å². The molecule has 1 heterocycles. The second kappa shape index (κ2) is 9.22. The molecular formula is C33H42N2. The van der Waals surface area contributed by atoms with Crippen LogP contribution in [0.15, 0.2) is 84.9 Å². The predicted octanol–water partition coefficient (Wildman–Crippen LogP) is 8.80. The lowest BCUT2D eigenvalue weighted by Crippen LogP contribution is -2.34. The summed E-state index contributed by atoms with van der Waals surface area (Å²) < 4.78 is 0. The van der Waals surface area contributed by atoms with Crippen LogP contribution in [0, 0.1) is 5.41 Å². The van der Waals surface area contributed by atoms with E-state index in [-0.39, 0.29) is 16.9 Å². The van der Waals surface area contributed by atoms with Crippen LogP contribution in [-0.4, -0.2) is 0 Å². The highest BCUT2D eigenvalue weighted by Crippen LogP contribution is 2.39. The van der Waals surface area contributed by atoms with Gasteiger partial charge in [-0.2, -0.15) is 0 Å². The van der Waals surface area contributed by atoms with Crippen LogP contribution in [0.1, 0.15) is 90.1 Å². The molecule has 0 amide bonds. The van der Waals surface area contributed by atoms with Gasteiger partial charge in [0.25, 0.3) is 0 Å². The zero-order valence-electron chi connectivity index (χ0n) is 22.8. The van der Waals surface area contributed by atoms with Crippen molar-refractivity contribution in [1.29, 1.82) is 0 Å². The molecule has 0 radical (unpaired) electrons. The molecule has 0 aliphatic carbocycles. The molecule has 1 atom stereocenters. The molecule has 1 aliphatic rings. The third-order valence-electron chi connectivity index (χ3n) is 6.95. The smallest absolute Gasteiger partial charge is 0.0958 e. The summed E-state index contributed by atoms with van der Waals surface area (Å²) in [5.74, 6) is 0. The van der Waals surface area contributed by atoms with Crippen LogP contribution in [0.2, 0.25) is 0 Å². The summed E-state index contributed by atoms with van der Waals surface area (Å²) >= 11 is 0. The Morgan fingerprint density at radius 1 is 0.686 bits per heavy atom. The molecule has 2 heteroatoms. The number of rotatable bonds is 5. The van der Waals surface area contributed by atoms with E-state index in [4.69, 9.17) is 0 Å². The summed E-state index contributed by atoms with van der Waals surface area (Å²) in [6, 6.07) is 29.0. The first-order valence-corrected chi connectivity index (χ1v) is 12.9. The van der Waals surface area contributed by atoms with Gasteiger partial charge < -0.3 is 0 Å². The number of hydrogen-bond donors (Lipinski definition) is 1. The fourth-order valence-electron chi connectivity index (χ4n) is 5.40. The fraction of sp³-hybridized carbons (Fsp3) is 0.394. The van der Waals surface area contributed by atoms with Crippen molar-refractivity contribution < 1.29 is 0 Å². The van der Waals surface area contributed by atoms with Gasteiger partial charge in [-0.3, -0.25) is 10.4 Å². The van der Waals surface area contributed by atoms with Crippen molar-refractivity contribution in [2.75, 3.05) is 5.01 Å². The number of hydrogen-bond acceptors (Lipinski definition) is 2. The average Bonchev–Trinajstić information content (AvgIpc) is 3.23. The van der Waals surface area contributed by atoms with Gasteiger partial charge in [0, 0.05) is 0 Å². The maximum Gasteiger partial charge on any atom is 0.0958 e. The van der Waals surface area contributed by atoms with Crippen LogP contribution in [-0.2, 0) is 10.8 Å².